The third kappa shape index (κ3) is 7.46. The zero-order valence-corrected chi connectivity index (χ0v) is 18.4. The van der Waals surface area contributed by atoms with E-state index in [-0.39, 0.29) is 5.91 Å². The van der Waals surface area contributed by atoms with E-state index in [9.17, 15) is 4.79 Å². The van der Waals surface area contributed by atoms with Crippen molar-refractivity contribution in [3.63, 3.8) is 0 Å². The summed E-state index contributed by atoms with van der Waals surface area (Å²) in [6, 6.07) is 20.4. The van der Waals surface area contributed by atoms with Crippen molar-refractivity contribution in [3.8, 4) is 11.5 Å². The van der Waals surface area contributed by atoms with Crippen LogP contribution < -0.4 is 14.9 Å². The Balaban J connectivity index is 1.38. The number of carbonyl (C=O) groups is 1. The summed E-state index contributed by atoms with van der Waals surface area (Å²) in [5.74, 6) is 1.34. The van der Waals surface area contributed by atoms with Crippen molar-refractivity contribution >= 4 is 23.7 Å². The largest absolute Gasteiger partial charge is 0.493 e. The Bertz CT molecular complexity index is 1030. The van der Waals surface area contributed by atoms with Crippen molar-refractivity contribution in [2.45, 2.75) is 20.3 Å². The van der Waals surface area contributed by atoms with Crippen molar-refractivity contribution in [1.82, 2.24) is 5.43 Å². The summed E-state index contributed by atoms with van der Waals surface area (Å²) < 4.78 is 11.5. The van der Waals surface area contributed by atoms with E-state index in [0.717, 1.165) is 23.5 Å². The van der Waals surface area contributed by atoms with Gasteiger partial charge >= 0.3 is 0 Å². The van der Waals surface area contributed by atoms with Crippen LogP contribution in [-0.2, 0) is 0 Å². The van der Waals surface area contributed by atoms with Crippen molar-refractivity contribution < 1.29 is 14.3 Å². The monoisotopic (exact) mass is 436 g/mol. The molecule has 160 valence electrons. The molecule has 0 radical (unpaired) electrons. The predicted octanol–water partition coefficient (Wildman–Crippen LogP) is 5.57. The summed E-state index contributed by atoms with van der Waals surface area (Å²) in [4.78, 5) is 12.0. The molecule has 0 saturated heterocycles. The molecule has 0 fully saturated rings. The SMILES string of the molecule is Cc1cc(C)cc(OCCCOc2ccc(C=NNC(=O)c3cccc(Cl)c3)cc2)c1. The third-order valence-electron chi connectivity index (χ3n) is 4.37. The third-order valence-corrected chi connectivity index (χ3v) is 4.60. The summed E-state index contributed by atoms with van der Waals surface area (Å²) >= 11 is 5.89. The molecule has 0 unspecified atom stereocenters. The van der Waals surface area contributed by atoms with E-state index in [1.54, 1.807) is 30.5 Å². The van der Waals surface area contributed by atoms with Crippen LogP contribution in [0.15, 0.2) is 71.8 Å². The normalized spacial score (nSPS) is 10.8. The van der Waals surface area contributed by atoms with E-state index in [4.69, 9.17) is 21.1 Å². The molecule has 6 heteroatoms. The molecule has 0 spiro atoms. The molecule has 3 aromatic carbocycles. The highest BCUT2D eigenvalue weighted by Crippen LogP contribution is 2.17. The Labute approximate surface area is 187 Å². The van der Waals surface area contributed by atoms with Crippen molar-refractivity contribution in [1.29, 1.82) is 0 Å². The average molecular weight is 437 g/mol. The molecule has 0 saturated carbocycles. The van der Waals surface area contributed by atoms with Gasteiger partial charge in [-0.25, -0.2) is 5.43 Å². The molecule has 0 atom stereocenters. The Hall–Kier alpha value is -3.31. The average Bonchev–Trinajstić information content (AvgIpc) is 2.74. The van der Waals surface area contributed by atoms with Crippen LogP contribution in [0.1, 0.15) is 33.5 Å². The molecule has 0 aliphatic rings. The fraction of sp³-hybridized carbons (Fsp3) is 0.200. The fourth-order valence-corrected chi connectivity index (χ4v) is 3.16. The number of benzene rings is 3. The maximum Gasteiger partial charge on any atom is 0.271 e. The minimum absolute atomic E-state index is 0.318. The molecule has 0 aliphatic carbocycles. The lowest BCUT2D eigenvalue weighted by Gasteiger charge is -2.09. The molecule has 1 amide bonds. The first-order chi connectivity index (χ1) is 15.0. The maximum absolute atomic E-state index is 12.0. The molecule has 0 aromatic heterocycles. The topological polar surface area (TPSA) is 59.9 Å². The second-order valence-electron chi connectivity index (χ2n) is 7.15. The summed E-state index contributed by atoms with van der Waals surface area (Å²) in [7, 11) is 0. The number of ether oxygens (including phenoxy) is 2. The van der Waals surface area contributed by atoms with Crippen LogP contribution in [0.3, 0.4) is 0 Å². The highest BCUT2D eigenvalue weighted by atomic mass is 35.5. The van der Waals surface area contributed by atoms with E-state index in [2.05, 4.69) is 30.4 Å². The number of amides is 1. The molecule has 5 nitrogen and oxygen atoms in total. The second-order valence-corrected chi connectivity index (χ2v) is 7.59. The minimum Gasteiger partial charge on any atom is -0.493 e. The zero-order chi connectivity index (χ0) is 22.1. The van der Waals surface area contributed by atoms with E-state index in [1.807, 2.05) is 36.4 Å². The Morgan fingerprint density at radius 3 is 2.29 bits per heavy atom. The molecule has 1 N–H and O–H groups in total. The lowest BCUT2D eigenvalue weighted by molar-refractivity contribution is 0.0955. The number of hydrazone groups is 1. The predicted molar refractivity (Wildman–Crippen MR) is 124 cm³/mol. The number of nitrogens with one attached hydrogen (secondary N) is 1. The van der Waals surface area contributed by atoms with Gasteiger partial charge in [0.05, 0.1) is 19.4 Å². The van der Waals surface area contributed by atoms with Crippen LogP contribution in [-0.4, -0.2) is 25.3 Å². The molecular formula is C25H25ClN2O3. The lowest BCUT2D eigenvalue weighted by atomic mass is 10.1. The zero-order valence-electron chi connectivity index (χ0n) is 17.6. The van der Waals surface area contributed by atoms with E-state index in [0.29, 0.717) is 23.8 Å². The molecule has 0 bridgehead atoms. The molecular weight excluding hydrogens is 412 g/mol. The first-order valence-corrected chi connectivity index (χ1v) is 10.4. The highest BCUT2D eigenvalue weighted by Gasteiger charge is 2.04. The number of hydrogen-bond acceptors (Lipinski definition) is 4. The first kappa shape index (κ1) is 22.4. The van der Waals surface area contributed by atoms with Gasteiger partial charge in [-0.2, -0.15) is 5.10 Å². The first-order valence-electron chi connectivity index (χ1n) is 10.0. The standard InChI is InChI=1S/C25H25ClN2O3/c1-18-13-19(2)15-24(14-18)31-12-4-11-30-23-9-7-20(8-10-23)17-27-28-25(29)21-5-3-6-22(26)16-21/h3,5-10,13-17H,4,11-12H2,1-2H3,(H,28,29). The number of aryl methyl sites for hydroxylation is 2. The van der Waals surface area contributed by atoms with Gasteiger partial charge in [-0.15, -0.1) is 0 Å². The fourth-order valence-electron chi connectivity index (χ4n) is 2.97. The number of halogens is 1. The quantitative estimate of drug-likeness (QED) is 0.271. The van der Waals surface area contributed by atoms with Gasteiger partial charge in [-0.05, 0) is 85.1 Å². The maximum atomic E-state index is 12.0. The van der Waals surface area contributed by atoms with Gasteiger partial charge in [0.2, 0.25) is 0 Å². The lowest BCUT2D eigenvalue weighted by Crippen LogP contribution is -2.17. The van der Waals surface area contributed by atoms with Crippen LogP contribution in [0.4, 0.5) is 0 Å². The van der Waals surface area contributed by atoms with Gasteiger partial charge in [0.15, 0.2) is 0 Å². The van der Waals surface area contributed by atoms with Gasteiger partial charge in [0, 0.05) is 17.0 Å². The van der Waals surface area contributed by atoms with Crippen LogP contribution in [0.25, 0.3) is 0 Å². The molecule has 3 rings (SSSR count). The highest BCUT2D eigenvalue weighted by molar-refractivity contribution is 6.30. The van der Waals surface area contributed by atoms with Crippen LogP contribution >= 0.6 is 11.6 Å². The van der Waals surface area contributed by atoms with Gasteiger partial charge < -0.3 is 9.47 Å². The number of rotatable bonds is 9. The smallest absolute Gasteiger partial charge is 0.271 e. The number of hydrogen-bond donors (Lipinski definition) is 1. The summed E-state index contributed by atoms with van der Waals surface area (Å²) in [6.07, 6.45) is 2.36. The van der Waals surface area contributed by atoms with Crippen molar-refractivity contribution in [2.75, 3.05) is 13.2 Å². The van der Waals surface area contributed by atoms with Gasteiger partial charge in [0.1, 0.15) is 11.5 Å². The van der Waals surface area contributed by atoms with Crippen molar-refractivity contribution in [3.05, 3.63) is 94.0 Å². The summed E-state index contributed by atoms with van der Waals surface area (Å²) in [5, 5.41) is 4.48. The minimum atomic E-state index is -0.318. The molecule has 0 aliphatic heterocycles. The van der Waals surface area contributed by atoms with Gasteiger partial charge in [-0.1, -0.05) is 23.7 Å². The number of carbonyl (C=O) groups excluding carboxylic acids is 1. The van der Waals surface area contributed by atoms with E-state index >= 15 is 0 Å². The Kier molecular flexibility index (Phi) is 8.07. The van der Waals surface area contributed by atoms with Gasteiger partial charge in [-0.3, -0.25) is 4.79 Å². The van der Waals surface area contributed by atoms with Gasteiger partial charge in [0.25, 0.3) is 5.91 Å². The van der Waals surface area contributed by atoms with E-state index in [1.165, 1.54) is 11.1 Å². The van der Waals surface area contributed by atoms with Crippen LogP contribution in [0.2, 0.25) is 5.02 Å². The Morgan fingerprint density at radius 2 is 1.61 bits per heavy atom. The second kappa shape index (κ2) is 11.2. The molecule has 31 heavy (non-hydrogen) atoms. The van der Waals surface area contributed by atoms with Crippen LogP contribution in [0.5, 0.6) is 11.5 Å². The van der Waals surface area contributed by atoms with Crippen molar-refractivity contribution in [2.24, 2.45) is 5.10 Å². The van der Waals surface area contributed by atoms with Crippen LogP contribution in [0, 0.1) is 13.8 Å². The summed E-state index contributed by atoms with van der Waals surface area (Å²) in [6.45, 7) is 5.28. The number of nitrogens with zero attached hydrogens (tertiary/aromatic N) is 1. The summed E-state index contributed by atoms with van der Waals surface area (Å²) in [5.41, 5.74) is 6.17. The molecule has 0 heterocycles. The molecule has 3 aromatic rings. The van der Waals surface area contributed by atoms with E-state index < -0.39 is 0 Å². The Morgan fingerprint density at radius 1 is 0.935 bits per heavy atom.